The summed E-state index contributed by atoms with van der Waals surface area (Å²) in [5.74, 6) is 7.84. The van der Waals surface area contributed by atoms with Gasteiger partial charge in [0.15, 0.2) is 0 Å². The van der Waals surface area contributed by atoms with E-state index in [2.05, 4.69) is 11.8 Å². The predicted molar refractivity (Wildman–Crippen MR) is 86.2 cm³/mol. The molecule has 0 N–H and O–H groups in total. The van der Waals surface area contributed by atoms with Crippen molar-refractivity contribution in [3.63, 3.8) is 0 Å². The second-order valence-corrected chi connectivity index (χ2v) is 4.68. The number of benzene rings is 2. The molecule has 0 saturated heterocycles. The smallest absolute Gasteiger partial charge is 0.120 e. The van der Waals surface area contributed by atoms with Crippen LogP contribution in [0, 0.1) is 11.8 Å². The van der Waals surface area contributed by atoms with E-state index in [9.17, 15) is 0 Å². The van der Waals surface area contributed by atoms with E-state index >= 15 is 0 Å². The monoisotopic (exact) mass is 300 g/mol. The predicted octanol–water partition coefficient (Wildman–Crippen LogP) is 3.91. The van der Waals surface area contributed by atoms with Crippen LogP contribution in [0.5, 0.6) is 11.5 Å². The van der Waals surface area contributed by atoms with Crippen molar-refractivity contribution in [1.29, 1.82) is 0 Å². The minimum absolute atomic E-state index is 0.336. The average molecular weight is 301 g/mol. The van der Waals surface area contributed by atoms with Gasteiger partial charge in [0.2, 0.25) is 0 Å². The first kappa shape index (κ1) is 15.3. The van der Waals surface area contributed by atoms with Gasteiger partial charge in [0, 0.05) is 12.0 Å². The zero-order chi connectivity index (χ0) is 14.9. The molecule has 0 aliphatic heterocycles. The molecule has 0 aliphatic carbocycles. The molecule has 0 unspecified atom stereocenters. The van der Waals surface area contributed by atoms with Gasteiger partial charge in [0.25, 0.3) is 0 Å². The lowest BCUT2D eigenvalue weighted by Gasteiger charge is -2.07. The quantitative estimate of drug-likeness (QED) is 0.616. The van der Waals surface area contributed by atoms with E-state index in [1.165, 1.54) is 5.56 Å². The van der Waals surface area contributed by atoms with Crippen LogP contribution in [0.1, 0.15) is 11.1 Å². The molecule has 2 aromatic carbocycles. The minimum Gasteiger partial charge on any atom is -0.497 e. The Morgan fingerprint density at radius 1 is 1.05 bits per heavy atom. The Bertz CT molecular complexity index is 624. The first-order valence-electron chi connectivity index (χ1n) is 6.72. The van der Waals surface area contributed by atoms with Crippen LogP contribution in [-0.2, 0) is 6.42 Å². The normalized spacial score (nSPS) is 9.62. The molecule has 0 heterocycles. The maximum absolute atomic E-state index is 5.76. The second kappa shape index (κ2) is 8.24. The number of halogens is 1. The summed E-state index contributed by atoms with van der Waals surface area (Å²) >= 11 is 5.55. The van der Waals surface area contributed by atoms with E-state index in [0.29, 0.717) is 12.5 Å². The zero-order valence-corrected chi connectivity index (χ0v) is 12.7. The van der Waals surface area contributed by atoms with Crippen molar-refractivity contribution in [3.05, 3.63) is 59.7 Å². The summed E-state index contributed by atoms with van der Waals surface area (Å²) in [6.45, 7) is 0.624. The van der Waals surface area contributed by atoms with Gasteiger partial charge in [0.05, 0.1) is 19.6 Å². The fourth-order valence-electron chi connectivity index (χ4n) is 1.88. The van der Waals surface area contributed by atoms with Gasteiger partial charge in [-0.1, -0.05) is 30.0 Å². The van der Waals surface area contributed by atoms with Crippen LogP contribution in [-0.4, -0.2) is 19.6 Å². The first-order valence-corrected chi connectivity index (χ1v) is 7.26. The standard InChI is InChI=1S/C18H17ClO2/c1-20-17-9-7-15(8-10-17)11-13-21-18-6-2-4-16(14-18)5-3-12-19/h2,4,6-10,14H,11-13H2,1H3. The molecule has 0 saturated carbocycles. The highest BCUT2D eigenvalue weighted by Gasteiger charge is 1.98. The van der Waals surface area contributed by atoms with Crippen LogP contribution in [0.2, 0.25) is 0 Å². The molecule has 0 spiro atoms. The zero-order valence-electron chi connectivity index (χ0n) is 11.9. The van der Waals surface area contributed by atoms with Crippen LogP contribution in [0.15, 0.2) is 48.5 Å². The van der Waals surface area contributed by atoms with Gasteiger partial charge in [-0.2, -0.15) is 0 Å². The van der Waals surface area contributed by atoms with E-state index in [-0.39, 0.29) is 0 Å². The summed E-state index contributed by atoms with van der Waals surface area (Å²) in [4.78, 5) is 0. The van der Waals surface area contributed by atoms with Gasteiger partial charge < -0.3 is 9.47 Å². The maximum Gasteiger partial charge on any atom is 0.120 e. The van der Waals surface area contributed by atoms with Crippen LogP contribution in [0.3, 0.4) is 0 Å². The molecule has 0 radical (unpaired) electrons. The molecule has 0 amide bonds. The molecular weight excluding hydrogens is 284 g/mol. The van der Waals surface area contributed by atoms with Crippen molar-refractivity contribution >= 4 is 11.6 Å². The van der Waals surface area contributed by atoms with E-state index in [4.69, 9.17) is 21.1 Å². The summed E-state index contributed by atoms with van der Waals surface area (Å²) in [5.41, 5.74) is 2.13. The molecule has 21 heavy (non-hydrogen) atoms. The Labute approximate surface area is 130 Å². The fraction of sp³-hybridized carbons (Fsp3) is 0.222. The van der Waals surface area contributed by atoms with Crippen molar-refractivity contribution in [2.75, 3.05) is 19.6 Å². The van der Waals surface area contributed by atoms with E-state index in [1.807, 2.05) is 48.5 Å². The van der Waals surface area contributed by atoms with Gasteiger partial charge in [-0.3, -0.25) is 0 Å². The molecular formula is C18H17ClO2. The van der Waals surface area contributed by atoms with Crippen molar-refractivity contribution in [3.8, 4) is 23.3 Å². The third kappa shape index (κ3) is 5.06. The van der Waals surface area contributed by atoms with Crippen molar-refractivity contribution < 1.29 is 9.47 Å². The lowest BCUT2D eigenvalue weighted by Crippen LogP contribution is -2.01. The minimum atomic E-state index is 0.336. The lowest BCUT2D eigenvalue weighted by atomic mass is 10.1. The molecule has 3 heteroatoms. The van der Waals surface area contributed by atoms with Crippen LogP contribution in [0.25, 0.3) is 0 Å². The fourth-order valence-corrected chi connectivity index (χ4v) is 1.94. The SMILES string of the molecule is COc1ccc(CCOc2cccc(C#CCCl)c2)cc1. The summed E-state index contributed by atoms with van der Waals surface area (Å²) in [6.07, 6.45) is 0.849. The molecule has 108 valence electrons. The first-order chi connectivity index (χ1) is 10.3. The number of hydrogen-bond donors (Lipinski definition) is 0. The van der Waals surface area contributed by atoms with Crippen molar-refractivity contribution in [1.82, 2.24) is 0 Å². The summed E-state index contributed by atoms with van der Waals surface area (Å²) in [6, 6.07) is 15.7. The van der Waals surface area contributed by atoms with Crippen molar-refractivity contribution in [2.45, 2.75) is 6.42 Å². The van der Waals surface area contributed by atoms with Crippen LogP contribution in [0.4, 0.5) is 0 Å². The lowest BCUT2D eigenvalue weighted by molar-refractivity contribution is 0.322. The molecule has 0 atom stereocenters. The molecule has 2 aromatic rings. The Kier molecular flexibility index (Phi) is 5.99. The highest BCUT2D eigenvalue weighted by molar-refractivity contribution is 6.19. The van der Waals surface area contributed by atoms with Crippen LogP contribution >= 0.6 is 11.6 Å². The highest BCUT2D eigenvalue weighted by atomic mass is 35.5. The number of alkyl halides is 1. The van der Waals surface area contributed by atoms with Crippen molar-refractivity contribution in [2.24, 2.45) is 0 Å². The Morgan fingerprint density at radius 3 is 2.57 bits per heavy atom. The van der Waals surface area contributed by atoms with E-state index in [1.54, 1.807) is 7.11 Å². The third-order valence-electron chi connectivity index (χ3n) is 2.95. The molecule has 0 bridgehead atoms. The largest absolute Gasteiger partial charge is 0.497 e. The van der Waals surface area contributed by atoms with Gasteiger partial charge >= 0.3 is 0 Å². The summed E-state index contributed by atoms with van der Waals surface area (Å²) in [7, 11) is 1.66. The molecule has 0 aromatic heterocycles. The number of methoxy groups -OCH3 is 1. The number of rotatable bonds is 5. The number of ether oxygens (including phenoxy) is 2. The number of hydrogen-bond acceptors (Lipinski definition) is 2. The van der Waals surface area contributed by atoms with Gasteiger partial charge in [0.1, 0.15) is 11.5 Å². The van der Waals surface area contributed by atoms with E-state index in [0.717, 1.165) is 23.5 Å². The Balaban J connectivity index is 1.87. The topological polar surface area (TPSA) is 18.5 Å². The Morgan fingerprint density at radius 2 is 1.86 bits per heavy atom. The van der Waals surface area contributed by atoms with Gasteiger partial charge in [-0.25, -0.2) is 0 Å². The summed E-state index contributed by atoms with van der Waals surface area (Å²) in [5, 5.41) is 0. The molecule has 2 nitrogen and oxygen atoms in total. The second-order valence-electron chi connectivity index (χ2n) is 4.41. The van der Waals surface area contributed by atoms with Gasteiger partial charge in [-0.15, -0.1) is 11.6 Å². The Hall–Kier alpha value is -2.11. The maximum atomic E-state index is 5.76. The summed E-state index contributed by atoms with van der Waals surface area (Å²) < 4.78 is 10.9. The molecule has 0 fully saturated rings. The highest BCUT2D eigenvalue weighted by Crippen LogP contribution is 2.14. The van der Waals surface area contributed by atoms with Gasteiger partial charge in [-0.05, 0) is 35.9 Å². The molecule has 2 rings (SSSR count). The van der Waals surface area contributed by atoms with Crippen LogP contribution < -0.4 is 9.47 Å². The van der Waals surface area contributed by atoms with E-state index < -0.39 is 0 Å². The third-order valence-corrected chi connectivity index (χ3v) is 3.09. The average Bonchev–Trinajstić information content (AvgIpc) is 2.54. The molecule has 0 aliphatic rings.